The van der Waals surface area contributed by atoms with E-state index in [0.717, 1.165) is 24.6 Å². The molecular weight excluding hydrogens is 176 g/mol. The summed E-state index contributed by atoms with van der Waals surface area (Å²) in [6.45, 7) is 8.00. The van der Waals surface area contributed by atoms with Gasteiger partial charge in [-0.2, -0.15) is 5.10 Å². The molecule has 0 saturated heterocycles. The molecule has 0 radical (unpaired) electrons. The predicted molar refractivity (Wildman–Crippen MR) is 58.4 cm³/mol. The van der Waals surface area contributed by atoms with E-state index < -0.39 is 0 Å². The van der Waals surface area contributed by atoms with E-state index in [4.69, 9.17) is 0 Å². The highest BCUT2D eigenvalue weighted by Gasteiger charge is 1.94. The van der Waals surface area contributed by atoms with E-state index in [1.165, 1.54) is 0 Å². The monoisotopic (exact) mass is 194 g/mol. The van der Waals surface area contributed by atoms with Crippen LogP contribution in [0.4, 0.5) is 5.82 Å². The van der Waals surface area contributed by atoms with Crippen LogP contribution in [-0.2, 0) is 0 Å². The SMILES string of the molecule is Cc1ccc(NCCNC(C)C)nn1. The van der Waals surface area contributed by atoms with Gasteiger partial charge in [0.1, 0.15) is 5.82 Å². The molecule has 0 bridgehead atoms. The van der Waals surface area contributed by atoms with E-state index in [-0.39, 0.29) is 0 Å². The van der Waals surface area contributed by atoms with E-state index in [1.54, 1.807) is 0 Å². The molecule has 0 fully saturated rings. The molecule has 4 nitrogen and oxygen atoms in total. The molecule has 14 heavy (non-hydrogen) atoms. The van der Waals surface area contributed by atoms with Gasteiger partial charge in [-0.05, 0) is 19.1 Å². The van der Waals surface area contributed by atoms with Crippen LogP contribution in [0.25, 0.3) is 0 Å². The molecular formula is C10H18N4. The molecule has 0 atom stereocenters. The minimum Gasteiger partial charge on any atom is -0.367 e. The van der Waals surface area contributed by atoms with Crippen LogP contribution in [0.3, 0.4) is 0 Å². The average Bonchev–Trinajstić information content (AvgIpc) is 2.15. The molecule has 0 saturated carbocycles. The third-order valence-corrected chi connectivity index (χ3v) is 1.78. The molecule has 0 aliphatic rings. The molecule has 0 aromatic carbocycles. The maximum atomic E-state index is 4.01. The standard InChI is InChI=1S/C10H18N4/c1-8(2)11-6-7-12-10-5-4-9(3)13-14-10/h4-5,8,11H,6-7H2,1-3H3,(H,12,14). The Morgan fingerprint density at radius 1 is 1.21 bits per heavy atom. The van der Waals surface area contributed by atoms with Crippen LogP contribution in [0.2, 0.25) is 0 Å². The topological polar surface area (TPSA) is 49.8 Å². The average molecular weight is 194 g/mol. The van der Waals surface area contributed by atoms with Gasteiger partial charge in [0.05, 0.1) is 5.69 Å². The van der Waals surface area contributed by atoms with Gasteiger partial charge in [0.25, 0.3) is 0 Å². The zero-order valence-corrected chi connectivity index (χ0v) is 9.04. The Morgan fingerprint density at radius 2 is 2.00 bits per heavy atom. The Balaban J connectivity index is 2.21. The highest BCUT2D eigenvalue weighted by Crippen LogP contribution is 1.99. The fraction of sp³-hybridized carbons (Fsp3) is 0.600. The molecule has 78 valence electrons. The quantitative estimate of drug-likeness (QED) is 0.691. The van der Waals surface area contributed by atoms with Crippen molar-refractivity contribution in [1.29, 1.82) is 0 Å². The lowest BCUT2D eigenvalue weighted by Gasteiger charge is -2.08. The molecule has 0 amide bonds. The van der Waals surface area contributed by atoms with Crippen molar-refractivity contribution in [2.75, 3.05) is 18.4 Å². The van der Waals surface area contributed by atoms with Crippen LogP contribution in [0.5, 0.6) is 0 Å². The highest BCUT2D eigenvalue weighted by atomic mass is 15.2. The van der Waals surface area contributed by atoms with Crippen molar-refractivity contribution < 1.29 is 0 Å². The van der Waals surface area contributed by atoms with Crippen molar-refractivity contribution >= 4 is 5.82 Å². The second kappa shape index (κ2) is 5.54. The fourth-order valence-corrected chi connectivity index (χ4v) is 1.04. The largest absolute Gasteiger partial charge is 0.367 e. The van der Waals surface area contributed by atoms with Crippen molar-refractivity contribution in [3.63, 3.8) is 0 Å². The summed E-state index contributed by atoms with van der Waals surface area (Å²) in [5.41, 5.74) is 0.941. The second-order valence-electron chi connectivity index (χ2n) is 3.60. The minimum absolute atomic E-state index is 0.529. The third-order valence-electron chi connectivity index (χ3n) is 1.78. The summed E-state index contributed by atoms with van der Waals surface area (Å²) in [5, 5.41) is 14.5. The van der Waals surface area contributed by atoms with Gasteiger partial charge in [-0.3, -0.25) is 0 Å². The predicted octanol–water partition coefficient (Wildman–Crippen LogP) is 1.19. The van der Waals surface area contributed by atoms with Gasteiger partial charge in [0.15, 0.2) is 0 Å². The molecule has 0 unspecified atom stereocenters. The van der Waals surface area contributed by atoms with E-state index in [9.17, 15) is 0 Å². The van der Waals surface area contributed by atoms with E-state index in [1.807, 2.05) is 19.1 Å². The molecule has 0 aliphatic heterocycles. The fourth-order valence-electron chi connectivity index (χ4n) is 1.04. The van der Waals surface area contributed by atoms with E-state index in [0.29, 0.717) is 6.04 Å². The first-order valence-corrected chi connectivity index (χ1v) is 4.96. The van der Waals surface area contributed by atoms with Crippen molar-refractivity contribution in [2.45, 2.75) is 26.8 Å². The number of hydrogen-bond donors (Lipinski definition) is 2. The number of aromatic nitrogens is 2. The lowest BCUT2D eigenvalue weighted by Crippen LogP contribution is -2.28. The van der Waals surface area contributed by atoms with Crippen molar-refractivity contribution in [3.05, 3.63) is 17.8 Å². The maximum absolute atomic E-state index is 4.01. The normalized spacial score (nSPS) is 10.6. The summed E-state index contributed by atoms with van der Waals surface area (Å²) in [5.74, 6) is 0.834. The third kappa shape index (κ3) is 4.18. The molecule has 2 N–H and O–H groups in total. The Morgan fingerprint density at radius 3 is 2.57 bits per heavy atom. The molecule has 1 heterocycles. The summed E-state index contributed by atoms with van der Waals surface area (Å²) in [7, 11) is 0. The van der Waals surface area contributed by atoms with Gasteiger partial charge in [-0.1, -0.05) is 13.8 Å². The first kappa shape index (κ1) is 10.9. The number of nitrogens with one attached hydrogen (secondary N) is 2. The Hall–Kier alpha value is -1.16. The van der Waals surface area contributed by atoms with Gasteiger partial charge in [-0.15, -0.1) is 5.10 Å². The van der Waals surface area contributed by atoms with Crippen LogP contribution in [0.15, 0.2) is 12.1 Å². The number of hydrogen-bond acceptors (Lipinski definition) is 4. The van der Waals surface area contributed by atoms with Crippen molar-refractivity contribution in [1.82, 2.24) is 15.5 Å². The number of anilines is 1. The maximum Gasteiger partial charge on any atom is 0.148 e. The second-order valence-corrected chi connectivity index (χ2v) is 3.60. The highest BCUT2D eigenvalue weighted by molar-refractivity contribution is 5.32. The van der Waals surface area contributed by atoms with Gasteiger partial charge in [0, 0.05) is 19.1 Å². The van der Waals surface area contributed by atoms with Crippen LogP contribution < -0.4 is 10.6 Å². The Labute approximate surface area is 85.1 Å². The Bertz CT molecular complexity index is 255. The lowest BCUT2D eigenvalue weighted by atomic mass is 10.4. The smallest absolute Gasteiger partial charge is 0.148 e. The van der Waals surface area contributed by atoms with Crippen molar-refractivity contribution in [2.24, 2.45) is 0 Å². The zero-order chi connectivity index (χ0) is 10.4. The summed E-state index contributed by atoms with van der Waals surface area (Å²) in [4.78, 5) is 0. The van der Waals surface area contributed by atoms with E-state index in [2.05, 4.69) is 34.7 Å². The van der Waals surface area contributed by atoms with Crippen molar-refractivity contribution in [3.8, 4) is 0 Å². The number of rotatable bonds is 5. The van der Waals surface area contributed by atoms with E-state index >= 15 is 0 Å². The Kier molecular flexibility index (Phi) is 4.32. The molecule has 0 spiro atoms. The first-order chi connectivity index (χ1) is 6.68. The minimum atomic E-state index is 0.529. The summed E-state index contributed by atoms with van der Waals surface area (Å²) < 4.78 is 0. The number of nitrogens with zero attached hydrogens (tertiary/aromatic N) is 2. The van der Waals surface area contributed by atoms with Crippen LogP contribution in [0, 0.1) is 6.92 Å². The number of aryl methyl sites for hydroxylation is 1. The summed E-state index contributed by atoms with van der Waals surface area (Å²) in [6.07, 6.45) is 0. The van der Waals surface area contributed by atoms with Gasteiger partial charge >= 0.3 is 0 Å². The molecule has 1 aromatic heterocycles. The zero-order valence-electron chi connectivity index (χ0n) is 9.04. The van der Waals surface area contributed by atoms with Crippen LogP contribution in [-0.4, -0.2) is 29.3 Å². The summed E-state index contributed by atoms with van der Waals surface area (Å²) >= 11 is 0. The first-order valence-electron chi connectivity index (χ1n) is 4.96. The van der Waals surface area contributed by atoms with Crippen LogP contribution in [0.1, 0.15) is 19.5 Å². The van der Waals surface area contributed by atoms with Gasteiger partial charge in [0.2, 0.25) is 0 Å². The molecule has 1 rings (SSSR count). The van der Waals surface area contributed by atoms with Gasteiger partial charge < -0.3 is 10.6 Å². The molecule has 1 aromatic rings. The molecule has 0 aliphatic carbocycles. The molecule has 4 heteroatoms. The van der Waals surface area contributed by atoms with Gasteiger partial charge in [-0.25, -0.2) is 0 Å². The summed E-state index contributed by atoms with van der Waals surface area (Å²) in [6, 6.07) is 4.42. The lowest BCUT2D eigenvalue weighted by molar-refractivity contribution is 0.602. The van der Waals surface area contributed by atoms with Crippen LogP contribution >= 0.6 is 0 Å².